The van der Waals surface area contributed by atoms with Crippen LogP contribution in [-0.4, -0.2) is 19.9 Å². The molecule has 3 aromatic heterocycles. The van der Waals surface area contributed by atoms with Crippen LogP contribution in [0.15, 0.2) is 28.8 Å². The molecular formula is C13H12N4OS. The monoisotopic (exact) mass is 272 g/mol. The third-order valence-corrected chi connectivity index (χ3v) is 3.81. The number of aromatic nitrogens is 4. The fourth-order valence-electron chi connectivity index (χ4n) is 1.95. The average molecular weight is 272 g/mol. The highest BCUT2D eigenvalue weighted by molar-refractivity contribution is 7.16. The average Bonchev–Trinajstić information content (AvgIpc) is 2.84. The number of hydrogen-bond acceptors (Lipinski definition) is 5. The fourth-order valence-corrected chi connectivity index (χ4v) is 3.05. The summed E-state index contributed by atoms with van der Waals surface area (Å²) < 4.78 is 0. The van der Waals surface area contributed by atoms with E-state index in [2.05, 4.69) is 33.8 Å². The molecule has 96 valence electrons. The number of nitrogens with zero attached hydrogens (tertiary/aromatic N) is 3. The highest BCUT2D eigenvalue weighted by Gasteiger charge is 2.14. The summed E-state index contributed by atoms with van der Waals surface area (Å²) in [5.74, 6) is 0.790. The van der Waals surface area contributed by atoms with Crippen LogP contribution in [0.5, 0.6) is 0 Å². The van der Waals surface area contributed by atoms with Crippen LogP contribution in [0.4, 0.5) is 0 Å². The Morgan fingerprint density at radius 1 is 1.37 bits per heavy atom. The molecule has 0 bridgehead atoms. The summed E-state index contributed by atoms with van der Waals surface area (Å²) in [6.07, 6.45) is 3.06. The summed E-state index contributed by atoms with van der Waals surface area (Å²) in [4.78, 5) is 28.2. The summed E-state index contributed by atoms with van der Waals surface area (Å²) in [5, 5.41) is 2.69. The smallest absolute Gasteiger partial charge is 0.260 e. The van der Waals surface area contributed by atoms with Crippen molar-refractivity contribution in [3.8, 4) is 11.5 Å². The van der Waals surface area contributed by atoms with Gasteiger partial charge in [0.05, 0.1) is 5.39 Å². The van der Waals surface area contributed by atoms with Crippen molar-refractivity contribution in [3.63, 3.8) is 0 Å². The minimum atomic E-state index is -0.108. The second-order valence-electron chi connectivity index (χ2n) is 4.54. The summed E-state index contributed by atoms with van der Waals surface area (Å²) in [6, 6.07) is 1.72. The van der Waals surface area contributed by atoms with E-state index in [1.165, 1.54) is 17.7 Å². The number of nitrogens with one attached hydrogen (secondary N) is 1. The standard InChI is InChI=1S/C13H12N4OS/c1-7(2)8-5-19-13-10(8)12(18)16-11(17-13)9-3-4-14-6-15-9/h3-7H,1-2H3,(H,16,17,18). The molecule has 0 aliphatic carbocycles. The zero-order chi connectivity index (χ0) is 13.4. The Morgan fingerprint density at radius 3 is 2.89 bits per heavy atom. The van der Waals surface area contributed by atoms with Crippen molar-refractivity contribution in [2.75, 3.05) is 0 Å². The van der Waals surface area contributed by atoms with Crippen LogP contribution in [0, 0.1) is 0 Å². The van der Waals surface area contributed by atoms with Gasteiger partial charge in [-0.1, -0.05) is 13.8 Å². The van der Waals surface area contributed by atoms with Crippen LogP contribution in [0.2, 0.25) is 0 Å². The van der Waals surface area contributed by atoms with Gasteiger partial charge in [-0.05, 0) is 22.9 Å². The van der Waals surface area contributed by atoms with E-state index in [9.17, 15) is 4.79 Å². The first-order valence-corrected chi connectivity index (χ1v) is 6.82. The molecular weight excluding hydrogens is 260 g/mol. The minimum Gasteiger partial charge on any atom is -0.305 e. The minimum absolute atomic E-state index is 0.108. The molecule has 6 heteroatoms. The SMILES string of the molecule is CC(C)c1csc2nc(-c3ccncn3)[nH]c(=O)c12. The van der Waals surface area contributed by atoms with E-state index in [-0.39, 0.29) is 5.56 Å². The number of thiophene rings is 1. The second kappa shape index (κ2) is 4.55. The van der Waals surface area contributed by atoms with Gasteiger partial charge in [-0.2, -0.15) is 0 Å². The molecule has 0 aliphatic rings. The molecule has 19 heavy (non-hydrogen) atoms. The lowest BCUT2D eigenvalue weighted by atomic mass is 10.0. The molecule has 0 saturated heterocycles. The van der Waals surface area contributed by atoms with Crippen LogP contribution in [0.3, 0.4) is 0 Å². The highest BCUT2D eigenvalue weighted by atomic mass is 32.1. The van der Waals surface area contributed by atoms with Gasteiger partial charge in [0.25, 0.3) is 5.56 Å². The molecule has 3 heterocycles. The zero-order valence-corrected chi connectivity index (χ0v) is 11.4. The van der Waals surface area contributed by atoms with Crippen LogP contribution in [-0.2, 0) is 0 Å². The second-order valence-corrected chi connectivity index (χ2v) is 5.39. The molecule has 0 saturated carbocycles. The lowest BCUT2D eigenvalue weighted by Gasteiger charge is -2.03. The molecule has 0 fully saturated rings. The molecule has 3 aromatic rings. The van der Waals surface area contributed by atoms with E-state index in [1.807, 2.05) is 5.38 Å². The van der Waals surface area contributed by atoms with Crippen LogP contribution in [0.1, 0.15) is 25.3 Å². The van der Waals surface area contributed by atoms with Crippen LogP contribution in [0.25, 0.3) is 21.7 Å². The first-order valence-electron chi connectivity index (χ1n) is 5.94. The van der Waals surface area contributed by atoms with E-state index < -0.39 is 0 Å². The van der Waals surface area contributed by atoms with Crippen molar-refractivity contribution in [2.45, 2.75) is 19.8 Å². The topological polar surface area (TPSA) is 71.5 Å². The van der Waals surface area contributed by atoms with Crippen LogP contribution < -0.4 is 5.56 Å². The lowest BCUT2D eigenvalue weighted by molar-refractivity contribution is 0.878. The molecule has 0 unspecified atom stereocenters. The van der Waals surface area contributed by atoms with E-state index in [1.54, 1.807) is 12.3 Å². The molecule has 0 atom stereocenters. The largest absolute Gasteiger partial charge is 0.305 e. The van der Waals surface area contributed by atoms with Crippen molar-refractivity contribution < 1.29 is 0 Å². The Kier molecular flexibility index (Phi) is 2.87. The molecule has 0 amide bonds. The van der Waals surface area contributed by atoms with Gasteiger partial charge in [-0.15, -0.1) is 11.3 Å². The Balaban J connectivity index is 2.25. The summed E-state index contributed by atoms with van der Waals surface area (Å²) >= 11 is 1.49. The van der Waals surface area contributed by atoms with Crippen molar-refractivity contribution in [1.82, 2.24) is 19.9 Å². The first-order chi connectivity index (χ1) is 9.16. The van der Waals surface area contributed by atoms with Gasteiger partial charge in [0.15, 0.2) is 5.82 Å². The predicted octanol–water partition coefficient (Wildman–Crippen LogP) is 2.56. The van der Waals surface area contributed by atoms with Gasteiger partial charge in [0, 0.05) is 6.20 Å². The van der Waals surface area contributed by atoms with Crippen molar-refractivity contribution in [3.05, 3.63) is 39.9 Å². The van der Waals surface area contributed by atoms with Gasteiger partial charge in [-0.25, -0.2) is 15.0 Å². The van der Waals surface area contributed by atoms with Gasteiger partial charge < -0.3 is 4.98 Å². The maximum atomic E-state index is 12.2. The summed E-state index contributed by atoms with van der Waals surface area (Å²) in [5.41, 5.74) is 1.56. The lowest BCUT2D eigenvalue weighted by Crippen LogP contribution is -2.10. The van der Waals surface area contributed by atoms with E-state index in [0.29, 0.717) is 22.8 Å². The van der Waals surface area contributed by atoms with Gasteiger partial charge in [0.2, 0.25) is 0 Å². The van der Waals surface area contributed by atoms with Crippen molar-refractivity contribution in [2.24, 2.45) is 0 Å². The quantitative estimate of drug-likeness (QED) is 0.778. The number of aromatic amines is 1. The third kappa shape index (κ3) is 2.04. The zero-order valence-electron chi connectivity index (χ0n) is 10.5. The maximum Gasteiger partial charge on any atom is 0.260 e. The molecule has 1 N–H and O–H groups in total. The van der Waals surface area contributed by atoms with Gasteiger partial charge >= 0.3 is 0 Å². The third-order valence-electron chi connectivity index (χ3n) is 2.92. The molecule has 0 spiro atoms. The predicted molar refractivity (Wildman–Crippen MR) is 75.4 cm³/mol. The molecule has 5 nitrogen and oxygen atoms in total. The molecule has 0 aliphatic heterocycles. The van der Waals surface area contributed by atoms with Gasteiger partial charge in [0.1, 0.15) is 16.9 Å². The number of fused-ring (bicyclic) bond motifs is 1. The Labute approximate surface area is 113 Å². The number of hydrogen-bond donors (Lipinski definition) is 1. The van der Waals surface area contributed by atoms with Crippen LogP contribution >= 0.6 is 11.3 Å². The summed E-state index contributed by atoms with van der Waals surface area (Å²) in [7, 11) is 0. The molecule has 3 rings (SSSR count). The Hall–Kier alpha value is -2.08. The van der Waals surface area contributed by atoms with Gasteiger partial charge in [-0.3, -0.25) is 4.79 Å². The first kappa shape index (κ1) is 12.0. The van der Waals surface area contributed by atoms with E-state index >= 15 is 0 Å². The highest BCUT2D eigenvalue weighted by Crippen LogP contribution is 2.28. The van der Waals surface area contributed by atoms with E-state index in [4.69, 9.17) is 0 Å². The Bertz CT molecular complexity index is 776. The fraction of sp³-hybridized carbons (Fsp3) is 0.231. The van der Waals surface area contributed by atoms with E-state index in [0.717, 1.165) is 10.4 Å². The van der Waals surface area contributed by atoms with Crippen molar-refractivity contribution in [1.29, 1.82) is 0 Å². The molecule has 0 radical (unpaired) electrons. The number of H-pyrrole nitrogens is 1. The Morgan fingerprint density at radius 2 is 2.21 bits per heavy atom. The normalized spacial score (nSPS) is 11.3. The summed E-state index contributed by atoms with van der Waals surface area (Å²) in [6.45, 7) is 4.14. The number of rotatable bonds is 2. The maximum absolute atomic E-state index is 12.2. The molecule has 0 aromatic carbocycles. The van der Waals surface area contributed by atoms with Crippen molar-refractivity contribution >= 4 is 21.6 Å².